The molecule has 0 unspecified atom stereocenters. The Hall–Kier alpha value is -0.770. The second-order valence-corrected chi connectivity index (χ2v) is 5.40. The van der Waals surface area contributed by atoms with Crippen molar-refractivity contribution in [2.45, 2.75) is 45.6 Å². The lowest BCUT2D eigenvalue weighted by Crippen LogP contribution is -2.41. The van der Waals surface area contributed by atoms with E-state index in [2.05, 4.69) is 23.9 Å². The Bertz CT molecular complexity index is 228. The predicted octanol–water partition coefficient (Wildman–Crippen LogP) is 1.63. The van der Waals surface area contributed by atoms with Crippen LogP contribution in [0.3, 0.4) is 0 Å². The molecule has 1 aliphatic rings. The van der Waals surface area contributed by atoms with Crippen LogP contribution in [-0.4, -0.2) is 35.6 Å². The largest absolute Gasteiger partial charge is 0.409 e. The van der Waals surface area contributed by atoms with Crippen LogP contribution in [0.25, 0.3) is 0 Å². The lowest BCUT2D eigenvalue weighted by molar-refractivity contribution is 0.138. The molecule has 0 bridgehead atoms. The topological polar surface area (TPSA) is 61.8 Å². The zero-order valence-corrected chi connectivity index (χ0v) is 10.0. The third-order valence-electron chi connectivity index (χ3n) is 3.47. The van der Waals surface area contributed by atoms with E-state index in [-0.39, 0.29) is 0 Å². The molecule has 1 saturated carbocycles. The first-order valence-electron chi connectivity index (χ1n) is 5.61. The van der Waals surface area contributed by atoms with Crippen LogP contribution in [0.2, 0.25) is 0 Å². The molecule has 0 heterocycles. The van der Waals surface area contributed by atoms with E-state index in [1.807, 2.05) is 7.05 Å². The summed E-state index contributed by atoms with van der Waals surface area (Å²) in [5, 5.41) is 11.5. The molecule has 4 nitrogen and oxygen atoms in total. The van der Waals surface area contributed by atoms with Gasteiger partial charge in [-0.25, -0.2) is 0 Å². The average Bonchev–Trinajstić information content (AvgIpc) is 2.17. The molecule has 0 aliphatic heterocycles. The summed E-state index contributed by atoms with van der Waals surface area (Å²) in [6, 6.07) is 0.582. The minimum Gasteiger partial charge on any atom is -0.409 e. The van der Waals surface area contributed by atoms with Gasteiger partial charge in [0.05, 0.1) is 6.54 Å². The van der Waals surface area contributed by atoms with Crippen molar-refractivity contribution < 1.29 is 5.21 Å². The zero-order chi connectivity index (χ0) is 11.5. The monoisotopic (exact) mass is 213 g/mol. The van der Waals surface area contributed by atoms with Gasteiger partial charge < -0.3 is 10.9 Å². The lowest BCUT2D eigenvalue weighted by atomic mass is 9.75. The van der Waals surface area contributed by atoms with Crippen LogP contribution in [-0.2, 0) is 0 Å². The Kier molecular flexibility index (Phi) is 3.97. The van der Waals surface area contributed by atoms with E-state index in [1.54, 1.807) is 0 Å². The first kappa shape index (κ1) is 12.3. The molecule has 4 heteroatoms. The van der Waals surface area contributed by atoms with Crippen molar-refractivity contribution in [3.8, 4) is 0 Å². The maximum absolute atomic E-state index is 8.50. The maximum Gasteiger partial charge on any atom is 0.153 e. The van der Waals surface area contributed by atoms with E-state index in [0.29, 0.717) is 23.8 Å². The molecular weight excluding hydrogens is 190 g/mol. The van der Waals surface area contributed by atoms with Gasteiger partial charge in [0.2, 0.25) is 0 Å². The number of hydrogen-bond donors (Lipinski definition) is 2. The van der Waals surface area contributed by atoms with Crippen LogP contribution in [0.5, 0.6) is 0 Å². The minimum absolute atomic E-state index is 0.294. The summed E-state index contributed by atoms with van der Waals surface area (Å²) < 4.78 is 0. The summed E-state index contributed by atoms with van der Waals surface area (Å²) >= 11 is 0. The molecule has 0 amide bonds. The number of amidine groups is 1. The normalized spacial score (nSPS) is 23.3. The summed E-state index contributed by atoms with van der Waals surface area (Å²) in [6.45, 7) is 5.21. The first-order chi connectivity index (χ1) is 6.94. The fourth-order valence-corrected chi connectivity index (χ4v) is 2.24. The summed E-state index contributed by atoms with van der Waals surface area (Å²) in [4.78, 5) is 2.18. The molecule has 0 spiro atoms. The molecule has 0 atom stereocenters. The number of nitrogens with zero attached hydrogens (tertiary/aromatic N) is 2. The van der Waals surface area contributed by atoms with Gasteiger partial charge in [-0.15, -0.1) is 0 Å². The number of oxime groups is 1. The van der Waals surface area contributed by atoms with Crippen molar-refractivity contribution in [2.75, 3.05) is 13.6 Å². The average molecular weight is 213 g/mol. The number of hydrogen-bond acceptors (Lipinski definition) is 3. The highest BCUT2D eigenvalue weighted by Gasteiger charge is 2.28. The van der Waals surface area contributed by atoms with Gasteiger partial charge in [0.1, 0.15) is 0 Å². The molecule has 1 fully saturated rings. The van der Waals surface area contributed by atoms with Crippen LogP contribution < -0.4 is 5.73 Å². The quantitative estimate of drug-likeness (QED) is 0.324. The third-order valence-corrected chi connectivity index (χ3v) is 3.47. The van der Waals surface area contributed by atoms with E-state index in [9.17, 15) is 0 Å². The van der Waals surface area contributed by atoms with Crippen molar-refractivity contribution in [1.29, 1.82) is 0 Å². The molecule has 0 aromatic rings. The van der Waals surface area contributed by atoms with Gasteiger partial charge in [-0.2, -0.15) is 0 Å². The molecule has 88 valence electrons. The van der Waals surface area contributed by atoms with Crippen molar-refractivity contribution in [3.63, 3.8) is 0 Å². The fourth-order valence-electron chi connectivity index (χ4n) is 2.24. The predicted molar refractivity (Wildman–Crippen MR) is 62.1 cm³/mol. The Morgan fingerprint density at radius 3 is 2.47 bits per heavy atom. The Labute approximate surface area is 92.1 Å². The highest BCUT2D eigenvalue weighted by Crippen LogP contribution is 2.36. The molecule has 1 aliphatic carbocycles. The second-order valence-electron chi connectivity index (χ2n) is 5.40. The zero-order valence-electron chi connectivity index (χ0n) is 10.0. The third kappa shape index (κ3) is 3.70. The van der Waals surface area contributed by atoms with Crippen LogP contribution in [0, 0.1) is 5.41 Å². The van der Waals surface area contributed by atoms with Gasteiger partial charge in [0.15, 0.2) is 5.84 Å². The number of rotatable bonds is 3. The second kappa shape index (κ2) is 4.84. The van der Waals surface area contributed by atoms with Crippen molar-refractivity contribution in [2.24, 2.45) is 16.3 Å². The SMILES string of the molecule is CN(CC(N)=NO)C1CCC(C)(C)CC1. The molecule has 1 rings (SSSR count). The lowest BCUT2D eigenvalue weighted by Gasteiger charge is -2.38. The van der Waals surface area contributed by atoms with Crippen LogP contribution in [0.4, 0.5) is 0 Å². The molecule has 3 N–H and O–H groups in total. The molecule has 15 heavy (non-hydrogen) atoms. The van der Waals surface area contributed by atoms with Gasteiger partial charge >= 0.3 is 0 Å². The highest BCUT2D eigenvalue weighted by molar-refractivity contribution is 5.81. The minimum atomic E-state index is 0.294. The first-order valence-corrected chi connectivity index (χ1v) is 5.61. The van der Waals surface area contributed by atoms with E-state index >= 15 is 0 Å². The molecule has 0 radical (unpaired) electrons. The molecule has 0 aromatic carbocycles. The summed E-state index contributed by atoms with van der Waals surface area (Å²) in [6.07, 6.45) is 4.95. The Morgan fingerprint density at radius 2 is 2.00 bits per heavy atom. The van der Waals surface area contributed by atoms with Crippen molar-refractivity contribution >= 4 is 5.84 Å². The summed E-state index contributed by atoms with van der Waals surface area (Å²) in [7, 11) is 2.04. The number of likely N-dealkylation sites (N-methyl/N-ethyl adjacent to an activating group) is 1. The van der Waals surface area contributed by atoms with Gasteiger partial charge in [-0.05, 0) is 38.1 Å². The van der Waals surface area contributed by atoms with Crippen molar-refractivity contribution in [3.05, 3.63) is 0 Å². The maximum atomic E-state index is 8.50. The van der Waals surface area contributed by atoms with Crippen LogP contribution >= 0.6 is 0 Å². The van der Waals surface area contributed by atoms with E-state index in [1.165, 1.54) is 25.7 Å². The van der Waals surface area contributed by atoms with Crippen molar-refractivity contribution in [1.82, 2.24) is 4.90 Å². The van der Waals surface area contributed by atoms with Gasteiger partial charge in [-0.3, -0.25) is 4.90 Å². The Morgan fingerprint density at radius 1 is 1.47 bits per heavy atom. The highest BCUT2D eigenvalue weighted by atomic mass is 16.4. The van der Waals surface area contributed by atoms with Gasteiger partial charge in [0.25, 0.3) is 0 Å². The van der Waals surface area contributed by atoms with E-state index in [0.717, 1.165) is 0 Å². The fraction of sp³-hybridized carbons (Fsp3) is 0.909. The van der Waals surface area contributed by atoms with E-state index < -0.39 is 0 Å². The number of nitrogens with two attached hydrogens (primary N) is 1. The van der Waals surface area contributed by atoms with Crippen LogP contribution in [0.15, 0.2) is 5.16 Å². The van der Waals surface area contributed by atoms with Crippen LogP contribution in [0.1, 0.15) is 39.5 Å². The van der Waals surface area contributed by atoms with Gasteiger partial charge in [-0.1, -0.05) is 19.0 Å². The summed E-state index contributed by atoms with van der Waals surface area (Å²) in [5.41, 5.74) is 5.99. The molecular formula is C11H23N3O. The standard InChI is InChI=1S/C11H23N3O/c1-11(2)6-4-9(5-7-11)14(3)8-10(12)13-15/h9,15H,4-8H2,1-3H3,(H2,12,13). The van der Waals surface area contributed by atoms with Gasteiger partial charge in [0, 0.05) is 6.04 Å². The molecule has 0 aromatic heterocycles. The molecule has 0 saturated heterocycles. The van der Waals surface area contributed by atoms with E-state index in [4.69, 9.17) is 10.9 Å². The smallest absolute Gasteiger partial charge is 0.153 e. The summed E-state index contributed by atoms with van der Waals surface area (Å²) in [5.74, 6) is 0.294. The Balaban J connectivity index is 2.39.